The summed E-state index contributed by atoms with van der Waals surface area (Å²) in [5, 5.41) is 8.86. The first-order chi connectivity index (χ1) is 8.65. The Labute approximate surface area is 114 Å². The lowest BCUT2D eigenvalue weighted by molar-refractivity contribution is -0.143. The van der Waals surface area contributed by atoms with Crippen LogP contribution >= 0.6 is 0 Å². The summed E-state index contributed by atoms with van der Waals surface area (Å²) in [7, 11) is 1.68. The van der Waals surface area contributed by atoms with Crippen molar-refractivity contribution in [3.63, 3.8) is 0 Å². The van der Waals surface area contributed by atoms with Crippen molar-refractivity contribution in [2.75, 3.05) is 11.9 Å². The highest BCUT2D eigenvalue weighted by Gasteiger charge is 2.33. The van der Waals surface area contributed by atoms with Gasteiger partial charge in [-0.25, -0.2) is 0 Å². The van der Waals surface area contributed by atoms with E-state index in [0.29, 0.717) is 0 Å². The van der Waals surface area contributed by atoms with Crippen LogP contribution in [-0.2, 0) is 9.59 Å². The summed E-state index contributed by atoms with van der Waals surface area (Å²) in [5.41, 5.74) is 2.13. The summed E-state index contributed by atoms with van der Waals surface area (Å²) >= 11 is 0. The molecule has 0 bridgehead atoms. The number of aryl methyl sites for hydroxylation is 2. The van der Waals surface area contributed by atoms with Gasteiger partial charge in [-0.1, -0.05) is 19.9 Å². The fourth-order valence-electron chi connectivity index (χ4n) is 1.96. The Morgan fingerprint density at radius 2 is 1.79 bits per heavy atom. The minimum Gasteiger partial charge on any atom is -0.481 e. The fraction of sp³-hybridized carbons (Fsp3) is 0.467. The zero-order valence-corrected chi connectivity index (χ0v) is 12.2. The minimum atomic E-state index is -0.966. The van der Waals surface area contributed by atoms with Crippen molar-refractivity contribution in [3.05, 3.63) is 29.3 Å². The SMILES string of the molecule is Cc1ccc(N(C)C(=O)C(C)(C)CC(=O)O)cc1C. The van der Waals surface area contributed by atoms with Gasteiger partial charge in [0.25, 0.3) is 0 Å². The lowest BCUT2D eigenvalue weighted by Crippen LogP contribution is -2.39. The molecule has 0 radical (unpaired) electrons. The molecule has 1 rings (SSSR count). The molecule has 0 saturated carbocycles. The molecule has 1 N–H and O–H groups in total. The van der Waals surface area contributed by atoms with Gasteiger partial charge in [-0.15, -0.1) is 0 Å². The van der Waals surface area contributed by atoms with Crippen molar-refractivity contribution in [1.29, 1.82) is 0 Å². The van der Waals surface area contributed by atoms with Crippen LogP contribution in [0, 0.1) is 19.3 Å². The average molecular weight is 263 g/mol. The van der Waals surface area contributed by atoms with E-state index in [0.717, 1.165) is 16.8 Å². The normalized spacial score (nSPS) is 11.2. The highest BCUT2D eigenvalue weighted by atomic mass is 16.4. The quantitative estimate of drug-likeness (QED) is 0.908. The monoisotopic (exact) mass is 263 g/mol. The number of anilines is 1. The molecule has 0 aromatic heterocycles. The third-order valence-electron chi connectivity index (χ3n) is 3.35. The number of hydrogen-bond acceptors (Lipinski definition) is 2. The molecule has 0 heterocycles. The van der Waals surface area contributed by atoms with Gasteiger partial charge in [-0.2, -0.15) is 0 Å². The molecule has 1 aromatic rings. The van der Waals surface area contributed by atoms with Crippen LogP contribution in [0.1, 0.15) is 31.4 Å². The average Bonchev–Trinajstić information content (AvgIpc) is 2.29. The van der Waals surface area contributed by atoms with E-state index in [4.69, 9.17) is 5.11 Å². The molecule has 0 saturated heterocycles. The molecule has 19 heavy (non-hydrogen) atoms. The number of carboxylic acid groups (broad SMARTS) is 1. The molecule has 0 aliphatic rings. The third-order valence-corrected chi connectivity index (χ3v) is 3.35. The van der Waals surface area contributed by atoms with Crippen molar-refractivity contribution in [2.24, 2.45) is 5.41 Å². The number of nitrogens with zero attached hydrogens (tertiary/aromatic N) is 1. The maximum atomic E-state index is 12.4. The van der Waals surface area contributed by atoms with E-state index in [1.54, 1.807) is 20.9 Å². The lowest BCUT2D eigenvalue weighted by atomic mass is 9.87. The number of benzene rings is 1. The van der Waals surface area contributed by atoms with Crippen molar-refractivity contribution in [3.8, 4) is 0 Å². The van der Waals surface area contributed by atoms with Crippen LogP contribution in [0.4, 0.5) is 5.69 Å². The van der Waals surface area contributed by atoms with Crippen molar-refractivity contribution in [1.82, 2.24) is 0 Å². The Morgan fingerprint density at radius 1 is 1.21 bits per heavy atom. The molecule has 1 aromatic carbocycles. The van der Waals surface area contributed by atoms with Gasteiger partial charge in [0.1, 0.15) is 0 Å². The van der Waals surface area contributed by atoms with E-state index in [1.807, 2.05) is 32.0 Å². The van der Waals surface area contributed by atoms with Crippen molar-refractivity contribution < 1.29 is 14.7 Å². The molecule has 0 fully saturated rings. The maximum absolute atomic E-state index is 12.4. The number of rotatable bonds is 4. The molecule has 0 spiro atoms. The van der Waals surface area contributed by atoms with Gasteiger partial charge in [0.05, 0.1) is 11.8 Å². The summed E-state index contributed by atoms with van der Waals surface area (Å²) < 4.78 is 0. The molecule has 4 heteroatoms. The van der Waals surface area contributed by atoms with Gasteiger partial charge in [0, 0.05) is 12.7 Å². The molecular weight excluding hydrogens is 242 g/mol. The van der Waals surface area contributed by atoms with Gasteiger partial charge < -0.3 is 10.0 Å². The second-order valence-corrected chi connectivity index (χ2v) is 5.59. The largest absolute Gasteiger partial charge is 0.481 e. The van der Waals surface area contributed by atoms with Crippen LogP contribution < -0.4 is 4.90 Å². The summed E-state index contributed by atoms with van der Waals surface area (Å²) in [6.45, 7) is 7.30. The minimum absolute atomic E-state index is 0.180. The smallest absolute Gasteiger partial charge is 0.304 e. The Bertz CT molecular complexity index is 506. The van der Waals surface area contributed by atoms with E-state index in [1.165, 1.54) is 4.90 Å². The Hall–Kier alpha value is -1.84. The standard InChI is InChI=1S/C15H21NO3/c1-10-6-7-12(8-11(10)2)16(5)14(19)15(3,4)9-13(17)18/h6-8H,9H2,1-5H3,(H,17,18). The van der Waals surface area contributed by atoms with E-state index in [-0.39, 0.29) is 12.3 Å². The third kappa shape index (κ3) is 3.56. The Kier molecular flexibility index (Phi) is 4.35. The van der Waals surface area contributed by atoms with E-state index in [9.17, 15) is 9.59 Å². The van der Waals surface area contributed by atoms with Crippen LogP contribution in [0.25, 0.3) is 0 Å². The van der Waals surface area contributed by atoms with E-state index >= 15 is 0 Å². The number of aliphatic carboxylic acids is 1. The predicted molar refractivity (Wildman–Crippen MR) is 75.4 cm³/mol. The van der Waals surface area contributed by atoms with Gasteiger partial charge in [-0.3, -0.25) is 9.59 Å². The van der Waals surface area contributed by atoms with E-state index in [2.05, 4.69) is 0 Å². The summed E-state index contributed by atoms with van der Waals surface area (Å²) in [6.07, 6.45) is -0.180. The van der Waals surface area contributed by atoms with Crippen LogP contribution in [0.2, 0.25) is 0 Å². The molecule has 0 aliphatic carbocycles. The van der Waals surface area contributed by atoms with Crippen molar-refractivity contribution >= 4 is 17.6 Å². The second kappa shape index (κ2) is 5.43. The van der Waals surface area contributed by atoms with Crippen molar-refractivity contribution in [2.45, 2.75) is 34.1 Å². The zero-order valence-electron chi connectivity index (χ0n) is 12.2. The number of carbonyl (C=O) groups is 2. The number of hydrogen-bond donors (Lipinski definition) is 1. The first-order valence-electron chi connectivity index (χ1n) is 6.22. The topological polar surface area (TPSA) is 57.6 Å². The molecule has 0 aliphatic heterocycles. The van der Waals surface area contributed by atoms with Crippen LogP contribution in [0.15, 0.2) is 18.2 Å². The number of amides is 1. The number of carbonyl (C=O) groups excluding carboxylic acids is 1. The molecule has 1 amide bonds. The fourth-order valence-corrected chi connectivity index (χ4v) is 1.96. The van der Waals surface area contributed by atoms with Crippen LogP contribution in [0.5, 0.6) is 0 Å². The van der Waals surface area contributed by atoms with Gasteiger partial charge in [-0.05, 0) is 37.1 Å². The molecule has 4 nitrogen and oxygen atoms in total. The second-order valence-electron chi connectivity index (χ2n) is 5.59. The van der Waals surface area contributed by atoms with Gasteiger partial charge in [0.2, 0.25) is 5.91 Å². The Balaban J connectivity index is 2.98. The predicted octanol–water partition coefficient (Wildman–Crippen LogP) is 2.77. The molecule has 0 atom stereocenters. The van der Waals surface area contributed by atoms with Gasteiger partial charge >= 0.3 is 5.97 Å². The molecule has 104 valence electrons. The van der Waals surface area contributed by atoms with Crippen LogP contribution in [0.3, 0.4) is 0 Å². The first-order valence-corrected chi connectivity index (χ1v) is 6.22. The molecular formula is C15H21NO3. The highest BCUT2D eigenvalue weighted by Crippen LogP contribution is 2.27. The van der Waals surface area contributed by atoms with E-state index < -0.39 is 11.4 Å². The van der Waals surface area contributed by atoms with Crippen LogP contribution in [-0.4, -0.2) is 24.0 Å². The summed E-state index contributed by atoms with van der Waals surface area (Å²) in [4.78, 5) is 24.7. The maximum Gasteiger partial charge on any atom is 0.304 e. The highest BCUT2D eigenvalue weighted by molar-refractivity contribution is 5.98. The molecule has 0 unspecified atom stereocenters. The number of carboxylic acids is 1. The zero-order chi connectivity index (χ0) is 14.8. The first kappa shape index (κ1) is 15.2. The summed E-state index contributed by atoms with van der Waals surface area (Å²) in [6, 6.07) is 5.76. The lowest BCUT2D eigenvalue weighted by Gasteiger charge is -2.28. The van der Waals surface area contributed by atoms with Gasteiger partial charge in [0.15, 0.2) is 0 Å². The Morgan fingerprint density at radius 3 is 2.26 bits per heavy atom. The summed E-state index contributed by atoms with van der Waals surface area (Å²) in [5.74, 6) is -1.16.